The first-order chi connectivity index (χ1) is 16.1. The molecule has 0 aliphatic heterocycles. The van der Waals surface area contributed by atoms with Gasteiger partial charge in [-0.05, 0) is 64.6 Å². The minimum atomic E-state index is -4.38. The van der Waals surface area contributed by atoms with Crippen LogP contribution in [0, 0.1) is 23.0 Å². The van der Waals surface area contributed by atoms with Gasteiger partial charge in [-0.15, -0.1) is 0 Å². The zero-order chi connectivity index (χ0) is 25.0. The number of sulfonamides is 1. The number of nitrogens with zero attached hydrogens (tertiary/aromatic N) is 2. The molecule has 1 aromatic heterocycles. The maximum Gasteiger partial charge on any atom is 0.264 e. The third kappa shape index (κ3) is 5.38. The first-order valence-electron chi connectivity index (χ1n) is 10.1. The highest BCUT2D eigenvalue weighted by Gasteiger charge is 2.23. The normalized spacial score (nSPS) is 11.2. The van der Waals surface area contributed by atoms with Gasteiger partial charge in [0.25, 0.3) is 10.0 Å². The van der Waals surface area contributed by atoms with E-state index < -0.39 is 38.0 Å². The van der Waals surface area contributed by atoms with Crippen LogP contribution in [0.5, 0.6) is 5.88 Å². The molecule has 176 valence electrons. The Labute approximate surface area is 196 Å². The van der Waals surface area contributed by atoms with E-state index in [0.29, 0.717) is 22.3 Å². The molecule has 0 fully saturated rings. The highest BCUT2D eigenvalue weighted by Crippen LogP contribution is 2.33. The Morgan fingerprint density at radius 2 is 1.91 bits per heavy atom. The molecule has 0 radical (unpaired) electrons. The largest absolute Gasteiger partial charge is 0.481 e. The number of hydrogen-bond donors (Lipinski definition) is 1. The second-order valence-electron chi connectivity index (χ2n) is 7.72. The van der Waals surface area contributed by atoms with Gasteiger partial charge in [-0.3, -0.25) is 4.79 Å². The lowest BCUT2D eigenvalue weighted by molar-refractivity contribution is -0.118. The lowest BCUT2D eigenvalue weighted by Gasteiger charge is -2.18. The van der Waals surface area contributed by atoms with Crippen molar-refractivity contribution in [2.24, 2.45) is 0 Å². The molecule has 2 aromatic carbocycles. The molecule has 1 N–H and O–H groups in total. The van der Waals surface area contributed by atoms with Gasteiger partial charge >= 0.3 is 0 Å². The number of methoxy groups -OCH3 is 1. The van der Waals surface area contributed by atoms with Gasteiger partial charge in [-0.1, -0.05) is 13.8 Å². The number of carbonyl (C=O) groups is 1. The average Bonchev–Trinajstić information content (AvgIpc) is 2.79. The third-order valence-electron chi connectivity index (χ3n) is 5.08. The van der Waals surface area contributed by atoms with Gasteiger partial charge in [0.2, 0.25) is 11.8 Å². The molecule has 0 atom stereocenters. The maximum atomic E-state index is 14.5. The number of nitriles is 1. The van der Waals surface area contributed by atoms with Crippen LogP contribution in [0.25, 0.3) is 11.1 Å². The first-order valence-corrected chi connectivity index (χ1v) is 11.6. The van der Waals surface area contributed by atoms with E-state index in [4.69, 9.17) is 10.00 Å². The summed E-state index contributed by atoms with van der Waals surface area (Å²) < 4.78 is 60.5. The summed E-state index contributed by atoms with van der Waals surface area (Å²) in [5.41, 5.74) is 1.44. The van der Waals surface area contributed by atoms with E-state index in [9.17, 15) is 22.0 Å². The van der Waals surface area contributed by atoms with Crippen molar-refractivity contribution < 1.29 is 26.7 Å². The van der Waals surface area contributed by atoms with Gasteiger partial charge < -0.3 is 4.74 Å². The Morgan fingerprint density at radius 1 is 1.18 bits per heavy atom. The molecule has 0 saturated heterocycles. The number of carbonyl (C=O) groups excluding carboxylic acids is 1. The van der Waals surface area contributed by atoms with Crippen LogP contribution in [0.3, 0.4) is 0 Å². The molecule has 34 heavy (non-hydrogen) atoms. The molecule has 0 aliphatic carbocycles. The number of amides is 1. The van der Waals surface area contributed by atoms with E-state index in [2.05, 4.69) is 4.98 Å². The number of nitrogens with one attached hydrogen (secondary N) is 1. The average molecular weight is 486 g/mol. The smallest absolute Gasteiger partial charge is 0.264 e. The van der Waals surface area contributed by atoms with Crippen molar-refractivity contribution in [2.45, 2.75) is 31.1 Å². The summed E-state index contributed by atoms with van der Waals surface area (Å²) in [6.45, 7) is 3.65. The fourth-order valence-electron chi connectivity index (χ4n) is 3.48. The molecule has 7 nitrogen and oxygen atoms in total. The second-order valence-corrected chi connectivity index (χ2v) is 9.40. The van der Waals surface area contributed by atoms with Gasteiger partial charge in [0.1, 0.15) is 17.7 Å². The lowest BCUT2D eigenvalue weighted by Crippen LogP contribution is -2.32. The van der Waals surface area contributed by atoms with Crippen molar-refractivity contribution in [1.29, 1.82) is 5.26 Å². The molecule has 3 aromatic rings. The van der Waals surface area contributed by atoms with E-state index in [1.54, 1.807) is 18.2 Å². The summed E-state index contributed by atoms with van der Waals surface area (Å²) in [6.07, 6.45) is 1.10. The van der Waals surface area contributed by atoms with E-state index in [-0.39, 0.29) is 18.2 Å². The van der Waals surface area contributed by atoms with Crippen molar-refractivity contribution in [3.05, 3.63) is 77.0 Å². The molecule has 0 aliphatic rings. The van der Waals surface area contributed by atoms with Crippen LogP contribution in [-0.4, -0.2) is 26.4 Å². The van der Waals surface area contributed by atoms with Gasteiger partial charge in [-0.2, -0.15) is 5.26 Å². The van der Waals surface area contributed by atoms with Gasteiger partial charge in [-0.25, -0.2) is 26.9 Å². The number of rotatable bonds is 7. The van der Waals surface area contributed by atoms with Crippen LogP contribution in [0.4, 0.5) is 8.78 Å². The molecule has 10 heteroatoms. The summed E-state index contributed by atoms with van der Waals surface area (Å²) in [4.78, 5) is 16.4. The highest BCUT2D eigenvalue weighted by atomic mass is 32.2. The fourth-order valence-corrected chi connectivity index (χ4v) is 4.49. The zero-order valence-corrected chi connectivity index (χ0v) is 19.4. The number of aromatic nitrogens is 1. The number of ether oxygens (including phenoxy) is 1. The molecule has 3 rings (SSSR count). The quantitative estimate of drug-likeness (QED) is 0.540. The van der Waals surface area contributed by atoms with E-state index in [1.165, 1.54) is 25.4 Å². The molecule has 1 heterocycles. The van der Waals surface area contributed by atoms with Gasteiger partial charge in [0.15, 0.2) is 0 Å². The molecule has 0 spiro atoms. The van der Waals surface area contributed by atoms with Crippen molar-refractivity contribution >= 4 is 15.9 Å². The van der Waals surface area contributed by atoms with Crippen molar-refractivity contribution in [1.82, 2.24) is 9.71 Å². The van der Waals surface area contributed by atoms with E-state index >= 15 is 0 Å². The predicted octanol–water partition coefficient (Wildman–Crippen LogP) is 4.08. The Hall–Kier alpha value is -3.84. The summed E-state index contributed by atoms with van der Waals surface area (Å²) in [5.74, 6) is -2.15. The standard InChI is InChI=1S/C24H21F2N3O4S/c1-14(2)19-10-17(25)11-20(15-6-7-28-24(9-15)33-3)21(19)12-23(30)29-34(31,32)18-4-5-22(26)16(8-18)13-27/h4-11,14H,12H2,1-3H3,(H,29,30). The summed E-state index contributed by atoms with van der Waals surface area (Å²) in [7, 11) is -2.95. The van der Waals surface area contributed by atoms with Crippen LogP contribution in [0.2, 0.25) is 0 Å². The Kier molecular flexibility index (Phi) is 7.27. The van der Waals surface area contributed by atoms with Crippen LogP contribution in [0.15, 0.2) is 53.6 Å². The Balaban J connectivity index is 2.01. The predicted molar refractivity (Wildman–Crippen MR) is 120 cm³/mol. The molecular weight excluding hydrogens is 464 g/mol. The SMILES string of the molecule is COc1cc(-c2cc(F)cc(C(C)C)c2CC(=O)NS(=O)(=O)c2ccc(F)c(C#N)c2)ccn1. The van der Waals surface area contributed by atoms with Crippen molar-refractivity contribution in [3.63, 3.8) is 0 Å². The monoisotopic (exact) mass is 485 g/mol. The topological polar surface area (TPSA) is 109 Å². The van der Waals surface area contributed by atoms with Crippen molar-refractivity contribution in [2.75, 3.05) is 7.11 Å². The Bertz CT molecular complexity index is 1400. The number of benzene rings is 2. The minimum Gasteiger partial charge on any atom is -0.481 e. The molecule has 0 unspecified atom stereocenters. The summed E-state index contributed by atoms with van der Waals surface area (Å²) in [5, 5.41) is 8.95. The molecule has 0 bridgehead atoms. The minimum absolute atomic E-state index is 0.173. The zero-order valence-electron chi connectivity index (χ0n) is 18.6. The second kappa shape index (κ2) is 9.97. The van der Waals surface area contributed by atoms with E-state index in [1.807, 2.05) is 18.6 Å². The third-order valence-corrected chi connectivity index (χ3v) is 6.45. The van der Waals surface area contributed by atoms with Crippen molar-refractivity contribution in [3.8, 4) is 23.1 Å². The lowest BCUT2D eigenvalue weighted by atomic mass is 9.88. The maximum absolute atomic E-state index is 14.5. The Morgan fingerprint density at radius 3 is 2.56 bits per heavy atom. The number of halogens is 2. The number of hydrogen-bond acceptors (Lipinski definition) is 6. The first kappa shape index (κ1) is 24.8. The summed E-state index contributed by atoms with van der Waals surface area (Å²) in [6, 6.07) is 9.97. The molecule has 0 saturated carbocycles. The highest BCUT2D eigenvalue weighted by molar-refractivity contribution is 7.90. The van der Waals surface area contributed by atoms with Crippen LogP contribution in [0.1, 0.15) is 36.5 Å². The van der Waals surface area contributed by atoms with Gasteiger partial charge in [0.05, 0.1) is 24.0 Å². The van der Waals surface area contributed by atoms with Crippen LogP contribution in [-0.2, 0) is 21.2 Å². The fraction of sp³-hybridized carbons (Fsp3) is 0.208. The van der Waals surface area contributed by atoms with E-state index in [0.717, 1.165) is 18.2 Å². The molecule has 1 amide bonds. The summed E-state index contributed by atoms with van der Waals surface area (Å²) >= 11 is 0. The molecular formula is C24H21F2N3O4S. The van der Waals surface area contributed by atoms with Gasteiger partial charge in [0, 0.05) is 12.3 Å². The number of pyridine rings is 1. The van der Waals surface area contributed by atoms with Crippen LogP contribution < -0.4 is 9.46 Å². The van der Waals surface area contributed by atoms with Crippen LogP contribution >= 0.6 is 0 Å².